The van der Waals surface area contributed by atoms with Gasteiger partial charge in [0.25, 0.3) is 5.91 Å². The molecule has 1 saturated heterocycles. The number of nitrogens with one attached hydrogen (secondary N) is 1. The van der Waals surface area contributed by atoms with Gasteiger partial charge in [-0.25, -0.2) is 4.98 Å². The summed E-state index contributed by atoms with van der Waals surface area (Å²) in [5, 5.41) is 12.7. The summed E-state index contributed by atoms with van der Waals surface area (Å²) in [6, 6.07) is 9.11. The van der Waals surface area contributed by atoms with Crippen LogP contribution in [0.3, 0.4) is 0 Å². The van der Waals surface area contributed by atoms with Gasteiger partial charge in [0.2, 0.25) is 11.8 Å². The Hall–Kier alpha value is -3.09. The van der Waals surface area contributed by atoms with Gasteiger partial charge in [-0.15, -0.1) is 0 Å². The lowest BCUT2D eigenvalue weighted by atomic mass is 10.1. The zero-order valence-electron chi connectivity index (χ0n) is 13.8. The molecule has 3 rings (SSSR count). The molecule has 1 unspecified atom stereocenters. The summed E-state index contributed by atoms with van der Waals surface area (Å²) >= 11 is 0. The van der Waals surface area contributed by atoms with Crippen LogP contribution in [0, 0.1) is 0 Å². The first kappa shape index (κ1) is 16.8. The third-order valence-corrected chi connectivity index (χ3v) is 4.16. The maximum absolute atomic E-state index is 12.7. The largest absolute Gasteiger partial charge is 0.507 e. The van der Waals surface area contributed by atoms with Crippen LogP contribution in [0.15, 0.2) is 42.6 Å². The summed E-state index contributed by atoms with van der Waals surface area (Å²) in [4.78, 5) is 30.8. The quantitative estimate of drug-likeness (QED) is 0.888. The standard InChI is InChI=1S/C18H19N3O4/c1-25-16-9-8-12(11-19-16)20-17(23)14-6-4-10-21(14)18(24)13-5-2-3-7-15(13)22/h2-3,5,7-9,11,14,22H,4,6,10H2,1H3,(H,20,23). The minimum atomic E-state index is -0.575. The third-order valence-electron chi connectivity index (χ3n) is 4.16. The molecule has 0 aliphatic carbocycles. The van der Waals surface area contributed by atoms with E-state index in [0.717, 1.165) is 6.42 Å². The van der Waals surface area contributed by atoms with Crippen molar-refractivity contribution < 1.29 is 19.4 Å². The number of nitrogens with zero attached hydrogens (tertiary/aromatic N) is 2. The second-order valence-corrected chi connectivity index (χ2v) is 5.75. The van der Waals surface area contributed by atoms with Gasteiger partial charge in [0.15, 0.2) is 0 Å². The van der Waals surface area contributed by atoms with Crippen molar-refractivity contribution in [2.45, 2.75) is 18.9 Å². The van der Waals surface area contributed by atoms with E-state index in [2.05, 4.69) is 10.3 Å². The van der Waals surface area contributed by atoms with Crippen LogP contribution in [-0.4, -0.2) is 46.5 Å². The highest BCUT2D eigenvalue weighted by Crippen LogP contribution is 2.25. The highest BCUT2D eigenvalue weighted by molar-refractivity contribution is 6.02. The number of aromatic nitrogens is 1. The number of ether oxygens (including phenoxy) is 1. The highest BCUT2D eigenvalue weighted by Gasteiger charge is 2.35. The second kappa shape index (κ2) is 7.21. The number of phenolic OH excluding ortho intramolecular Hbond substituents is 1. The van der Waals surface area contributed by atoms with Gasteiger partial charge in [0, 0.05) is 12.6 Å². The zero-order valence-corrected chi connectivity index (χ0v) is 13.8. The lowest BCUT2D eigenvalue weighted by Gasteiger charge is -2.24. The number of methoxy groups -OCH3 is 1. The summed E-state index contributed by atoms with van der Waals surface area (Å²) in [6.45, 7) is 0.478. The lowest BCUT2D eigenvalue weighted by Crippen LogP contribution is -2.43. The number of aromatic hydroxyl groups is 1. The average Bonchev–Trinajstić information content (AvgIpc) is 3.12. The molecule has 0 bridgehead atoms. The molecule has 1 atom stereocenters. The van der Waals surface area contributed by atoms with Crippen LogP contribution in [0.2, 0.25) is 0 Å². The Morgan fingerprint density at radius 1 is 1.28 bits per heavy atom. The van der Waals surface area contributed by atoms with E-state index in [1.54, 1.807) is 30.3 Å². The number of hydrogen-bond donors (Lipinski definition) is 2. The van der Waals surface area contributed by atoms with Crippen molar-refractivity contribution in [3.05, 3.63) is 48.2 Å². The number of anilines is 1. The van der Waals surface area contributed by atoms with E-state index in [1.807, 2.05) is 0 Å². The maximum atomic E-state index is 12.7. The Bertz CT molecular complexity index is 776. The van der Waals surface area contributed by atoms with E-state index < -0.39 is 6.04 Å². The maximum Gasteiger partial charge on any atom is 0.258 e. The Morgan fingerprint density at radius 2 is 2.08 bits per heavy atom. The molecule has 7 nitrogen and oxygen atoms in total. The number of carbonyl (C=O) groups excluding carboxylic acids is 2. The van der Waals surface area contributed by atoms with E-state index in [-0.39, 0.29) is 23.1 Å². The van der Waals surface area contributed by atoms with Gasteiger partial charge in [-0.3, -0.25) is 9.59 Å². The highest BCUT2D eigenvalue weighted by atomic mass is 16.5. The van der Waals surface area contributed by atoms with Gasteiger partial charge < -0.3 is 20.1 Å². The number of rotatable bonds is 4. The molecule has 7 heteroatoms. The number of hydrogen-bond acceptors (Lipinski definition) is 5. The van der Waals surface area contributed by atoms with Gasteiger partial charge >= 0.3 is 0 Å². The SMILES string of the molecule is COc1ccc(NC(=O)C2CCCN2C(=O)c2ccccc2O)cn1. The van der Waals surface area contributed by atoms with Crippen molar-refractivity contribution in [3.63, 3.8) is 0 Å². The first-order valence-corrected chi connectivity index (χ1v) is 8.00. The van der Waals surface area contributed by atoms with Crippen LogP contribution >= 0.6 is 0 Å². The van der Waals surface area contributed by atoms with Crippen molar-refractivity contribution in [3.8, 4) is 11.6 Å². The van der Waals surface area contributed by atoms with Gasteiger partial charge in [-0.05, 0) is 31.0 Å². The number of para-hydroxylation sites is 1. The Kier molecular flexibility index (Phi) is 4.83. The predicted octanol–water partition coefficient (Wildman–Crippen LogP) is 2.04. The number of pyridine rings is 1. The second-order valence-electron chi connectivity index (χ2n) is 5.75. The summed E-state index contributed by atoms with van der Waals surface area (Å²) in [6.07, 6.45) is 2.81. The number of carbonyl (C=O) groups is 2. The smallest absolute Gasteiger partial charge is 0.258 e. The van der Waals surface area contributed by atoms with Crippen molar-refractivity contribution in [1.82, 2.24) is 9.88 Å². The molecular formula is C18H19N3O4. The first-order chi connectivity index (χ1) is 12.1. The van der Waals surface area contributed by atoms with E-state index in [4.69, 9.17) is 4.74 Å². The molecule has 2 N–H and O–H groups in total. The fourth-order valence-electron chi connectivity index (χ4n) is 2.89. The number of benzene rings is 1. The Labute approximate surface area is 145 Å². The summed E-state index contributed by atoms with van der Waals surface area (Å²) in [7, 11) is 1.52. The van der Waals surface area contributed by atoms with E-state index in [1.165, 1.54) is 24.3 Å². The molecule has 25 heavy (non-hydrogen) atoms. The van der Waals surface area contributed by atoms with Crippen LogP contribution in [0.5, 0.6) is 11.6 Å². The van der Waals surface area contributed by atoms with Gasteiger partial charge in [-0.2, -0.15) is 0 Å². The topological polar surface area (TPSA) is 91.8 Å². The minimum absolute atomic E-state index is 0.0853. The van der Waals surface area contributed by atoms with Crippen molar-refractivity contribution in [2.24, 2.45) is 0 Å². The van der Waals surface area contributed by atoms with Crippen LogP contribution in [0.25, 0.3) is 0 Å². The van der Waals surface area contributed by atoms with Gasteiger partial charge in [0.05, 0.1) is 24.6 Å². The van der Waals surface area contributed by atoms with Crippen molar-refractivity contribution in [1.29, 1.82) is 0 Å². The number of amides is 2. The van der Waals surface area contributed by atoms with Crippen LogP contribution < -0.4 is 10.1 Å². The van der Waals surface area contributed by atoms with Gasteiger partial charge in [0.1, 0.15) is 11.8 Å². The van der Waals surface area contributed by atoms with E-state index in [9.17, 15) is 14.7 Å². The fourth-order valence-corrected chi connectivity index (χ4v) is 2.89. The Morgan fingerprint density at radius 3 is 2.76 bits per heavy atom. The molecular weight excluding hydrogens is 322 g/mol. The third kappa shape index (κ3) is 3.55. The van der Waals surface area contributed by atoms with Crippen LogP contribution in [0.4, 0.5) is 5.69 Å². The molecule has 0 saturated carbocycles. The molecule has 130 valence electrons. The van der Waals surface area contributed by atoms with E-state index >= 15 is 0 Å². The predicted molar refractivity (Wildman–Crippen MR) is 91.6 cm³/mol. The molecule has 1 fully saturated rings. The molecule has 0 spiro atoms. The fraction of sp³-hybridized carbons (Fsp3) is 0.278. The van der Waals surface area contributed by atoms with Crippen molar-refractivity contribution in [2.75, 3.05) is 19.0 Å². The first-order valence-electron chi connectivity index (χ1n) is 8.00. The van der Waals surface area contributed by atoms with Crippen molar-refractivity contribution >= 4 is 17.5 Å². The zero-order chi connectivity index (χ0) is 17.8. The molecule has 1 aromatic heterocycles. The number of phenols is 1. The minimum Gasteiger partial charge on any atom is -0.507 e. The molecule has 1 aromatic carbocycles. The molecule has 2 amide bonds. The lowest BCUT2D eigenvalue weighted by molar-refractivity contribution is -0.119. The van der Waals surface area contributed by atoms with Crippen LogP contribution in [-0.2, 0) is 4.79 Å². The number of likely N-dealkylation sites (tertiary alicyclic amines) is 1. The van der Waals surface area contributed by atoms with E-state index in [0.29, 0.717) is 24.5 Å². The molecule has 1 aliphatic heterocycles. The molecule has 1 aliphatic rings. The average molecular weight is 341 g/mol. The molecule has 2 aromatic rings. The molecule has 2 heterocycles. The summed E-state index contributed by atoms with van der Waals surface area (Å²) < 4.78 is 4.98. The summed E-state index contributed by atoms with van der Waals surface area (Å²) in [5.74, 6) is -0.245. The van der Waals surface area contributed by atoms with Crippen LogP contribution in [0.1, 0.15) is 23.2 Å². The molecule has 0 radical (unpaired) electrons. The van der Waals surface area contributed by atoms with Gasteiger partial charge in [-0.1, -0.05) is 12.1 Å². The Balaban J connectivity index is 1.73. The summed E-state index contributed by atoms with van der Waals surface area (Å²) in [5.41, 5.74) is 0.737. The monoisotopic (exact) mass is 341 g/mol. The normalized spacial score (nSPS) is 16.5.